The monoisotopic (exact) mass is 232 g/mol. The van der Waals surface area contributed by atoms with Crippen molar-refractivity contribution in [3.63, 3.8) is 0 Å². The quantitative estimate of drug-likeness (QED) is 0.796. The van der Waals surface area contributed by atoms with Gasteiger partial charge in [-0.15, -0.1) is 0 Å². The lowest BCUT2D eigenvalue weighted by Crippen LogP contribution is -2.29. The molecule has 3 heterocycles. The summed E-state index contributed by atoms with van der Waals surface area (Å²) in [5.41, 5.74) is 2.52. The van der Waals surface area contributed by atoms with Gasteiger partial charge in [-0.1, -0.05) is 12.8 Å². The third-order valence-corrected chi connectivity index (χ3v) is 3.68. The second-order valence-corrected chi connectivity index (χ2v) is 4.97. The number of anilines is 1. The van der Waals surface area contributed by atoms with Crippen LogP contribution in [-0.4, -0.2) is 29.6 Å². The Hall–Kier alpha value is -1.16. The molecule has 2 aliphatic heterocycles. The van der Waals surface area contributed by atoms with Crippen molar-refractivity contribution in [3.05, 3.63) is 17.5 Å². The van der Waals surface area contributed by atoms with E-state index < -0.39 is 0 Å². The lowest BCUT2D eigenvalue weighted by molar-refractivity contribution is 0.622. The molecule has 4 heteroatoms. The van der Waals surface area contributed by atoms with Crippen molar-refractivity contribution < 1.29 is 0 Å². The normalized spacial score (nSPS) is 20.8. The minimum atomic E-state index is 0.926. The maximum atomic E-state index is 4.75. The van der Waals surface area contributed by atoms with Gasteiger partial charge in [0.2, 0.25) is 5.95 Å². The highest BCUT2D eigenvalue weighted by molar-refractivity contribution is 5.34. The average molecular weight is 232 g/mol. The number of nitrogens with zero attached hydrogens (tertiary/aromatic N) is 3. The first-order chi connectivity index (χ1) is 8.43. The molecule has 0 atom stereocenters. The van der Waals surface area contributed by atoms with Gasteiger partial charge in [0.25, 0.3) is 0 Å². The second-order valence-electron chi connectivity index (χ2n) is 4.97. The average Bonchev–Trinajstić information content (AvgIpc) is 2.67. The molecule has 0 aromatic carbocycles. The molecule has 0 radical (unpaired) electrons. The van der Waals surface area contributed by atoms with Crippen LogP contribution in [0.4, 0.5) is 5.95 Å². The minimum absolute atomic E-state index is 0.926. The topological polar surface area (TPSA) is 41.1 Å². The van der Waals surface area contributed by atoms with E-state index in [2.05, 4.69) is 15.2 Å². The van der Waals surface area contributed by atoms with Gasteiger partial charge in [-0.3, -0.25) is 0 Å². The molecule has 1 saturated heterocycles. The van der Waals surface area contributed by atoms with Crippen molar-refractivity contribution in [1.29, 1.82) is 0 Å². The molecule has 0 bridgehead atoms. The third-order valence-electron chi connectivity index (χ3n) is 3.68. The Morgan fingerprint density at radius 2 is 1.94 bits per heavy atom. The smallest absolute Gasteiger partial charge is 0.225 e. The van der Waals surface area contributed by atoms with Crippen molar-refractivity contribution in [2.75, 3.05) is 24.5 Å². The zero-order valence-corrected chi connectivity index (χ0v) is 10.3. The fourth-order valence-corrected chi connectivity index (χ4v) is 2.65. The van der Waals surface area contributed by atoms with Gasteiger partial charge in [0.1, 0.15) is 0 Å². The Kier molecular flexibility index (Phi) is 3.22. The van der Waals surface area contributed by atoms with Crippen molar-refractivity contribution >= 4 is 5.95 Å². The van der Waals surface area contributed by atoms with E-state index in [1.807, 2.05) is 6.20 Å². The van der Waals surface area contributed by atoms with Gasteiger partial charge < -0.3 is 10.2 Å². The number of aromatic nitrogens is 2. The van der Waals surface area contributed by atoms with Crippen LogP contribution in [-0.2, 0) is 13.0 Å². The molecule has 92 valence electrons. The first-order valence-corrected chi connectivity index (χ1v) is 6.74. The Labute approximate surface area is 102 Å². The highest BCUT2D eigenvalue weighted by Crippen LogP contribution is 2.18. The summed E-state index contributed by atoms with van der Waals surface area (Å²) < 4.78 is 0. The molecule has 0 saturated carbocycles. The van der Waals surface area contributed by atoms with Crippen LogP contribution in [0.2, 0.25) is 0 Å². The van der Waals surface area contributed by atoms with E-state index in [9.17, 15) is 0 Å². The molecule has 1 N–H and O–H groups in total. The van der Waals surface area contributed by atoms with Gasteiger partial charge in [-0.05, 0) is 12.8 Å². The molecule has 1 fully saturated rings. The summed E-state index contributed by atoms with van der Waals surface area (Å²) in [4.78, 5) is 11.6. The number of hydrogen-bond donors (Lipinski definition) is 1. The molecule has 4 nitrogen and oxygen atoms in total. The van der Waals surface area contributed by atoms with Crippen molar-refractivity contribution in [1.82, 2.24) is 15.3 Å². The summed E-state index contributed by atoms with van der Waals surface area (Å²) >= 11 is 0. The molecule has 3 rings (SSSR count). The molecular weight excluding hydrogens is 212 g/mol. The lowest BCUT2D eigenvalue weighted by Gasteiger charge is -2.23. The van der Waals surface area contributed by atoms with Crippen molar-refractivity contribution in [2.24, 2.45) is 0 Å². The van der Waals surface area contributed by atoms with Gasteiger partial charge in [0.05, 0.1) is 5.69 Å². The fraction of sp³-hybridized carbons (Fsp3) is 0.692. The van der Waals surface area contributed by atoms with Crippen LogP contribution >= 0.6 is 0 Å². The number of fused-ring (bicyclic) bond motifs is 1. The largest absolute Gasteiger partial charge is 0.341 e. The van der Waals surface area contributed by atoms with Gasteiger partial charge in [0.15, 0.2) is 0 Å². The summed E-state index contributed by atoms with van der Waals surface area (Å²) in [6, 6.07) is 0. The van der Waals surface area contributed by atoms with Crippen LogP contribution in [0.25, 0.3) is 0 Å². The molecule has 0 unspecified atom stereocenters. The Morgan fingerprint density at radius 3 is 2.76 bits per heavy atom. The molecule has 1 aromatic rings. The second kappa shape index (κ2) is 5.00. The van der Waals surface area contributed by atoms with Gasteiger partial charge in [-0.25, -0.2) is 9.97 Å². The number of rotatable bonds is 1. The van der Waals surface area contributed by atoms with Crippen LogP contribution in [0.15, 0.2) is 6.20 Å². The van der Waals surface area contributed by atoms with Crippen LogP contribution < -0.4 is 10.2 Å². The number of nitrogens with one attached hydrogen (secondary N) is 1. The lowest BCUT2D eigenvalue weighted by atomic mass is 10.1. The first kappa shape index (κ1) is 11.0. The fourth-order valence-electron chi connectivity index (χ4n) is 2.65. The molecule has 0 spiro atoms. The SMILES string of the molecule is c1nc(N2CCCCCC2)nc2c1CNCC2. The van der Waals surface area contributed by atoms with Gasteiger partial charge >= 0.3 is 0 Å². The third kappa shape index (κ3) is 2.41. The van der Waals surface area contributed by atoms with E-state index >= 15 is 0 Å². The highest BCUT2D eigenvalue weighted by atomic mass is 15.2. The van der Waals surface area contributed by atoms with E-state index in [4.69, 9.17) is 4.98 Å². The Balaban J connectivity index is 1.82. The molecule has 17 heavy (non-hydrogen) atoms. The minimum Gasteiger partial charge on any atom is -0.341 e. The van der Waals surface area contributed by atoms with Crippen LogP contribution in [0.1, 0.15) is 36.9 Å². The summed E-state index contributed by atoms with van der Waals surface area (Å²) in [5, 5.41) is 3.36. The van der Waals surface area contributed by atoms with Gasteiger partial charge in [0, 0.05) is 44.4 Å². The zero-order chi connectivity index (χ0) is 11.5. The van der Waals surface area contributed by atoms with E-state index in [0.29, 0.717) is 0 Å². The van der Waals surface area contributed by atoms with Gasteiger partial charge in [-0.2, -0.15) is 0 Å². The highest BCUT2D eigenvalue weighted by Gasteiger charge is 2.16. The molecule has 2 aliphatic rings. The molecular formula is C13H20N4. The Bertz CT molecular complexity index is 383. The maximum absolute atomic E-state index is 4.75. The van der Waals surface area contributed by atoms with E-state index in [-0.39, 0.29) is 0 Å². The van der Waals surface area contributed by atoms with E-state index in [1.165, 1.54) is 36.9 Å². The standard InChI is InChI=1S/C13H20N4/c1-2-4-8-17(7-3-1)13-15-10-11-9-14-6-5-12(11)16-13/h10,14H,1-9H2. The predicted molar refractivity (Wildman–Crippen MR) is 68.1 cm³/mol. The summed E-state index contributed by atoms with van der Waals surface area (Å²) in [6.45, 7) is 4.22. The van der Waals surface area contributed by atoms with E-state index in [1.54, 1.807) is 0 Å². The molecule has 0 amide bonds. The summed E-state index contributed by atoms with van der Waals surface area (Å²) in [7, 11) is 0. The molecule has 0 aliphatic carbocycles. The summed E-state index contributed by atoms with van der Waals surface area (Å²) in [5.74, 6) is 0.951. The van der Waals surface area contributed by atoms with Crippen molar-refractivity contribution in [3.8, 4) is 0 Å². The number of hydrogen-bond acceptors (Lipinski definition) is 4. The van der Waals surface area contributed by atoms with E-state index in [0.717, 1.165) is 38.5 Å². The maximum Gasteiger partial charge on any atom is 0.225 e. The van der Waals surface area contributed by atoms with Crippen LogP contribution in [0, 0.1) is 0 Å². The zero-order valence-electron chi connectivity index (χ0n) is 10.3. The molecule has 1 aromatic heterocycles. The first-order valence-electron chi connectivity index (χ1n) is 6.74. The van der Waals surface area contributed by atoms with Crippen LogP contribution in [0.3, 0.4) is 0 Å². The Morgan fingerprint density at radius 1 is 1.12 bits per heavy atom. The van der Waals surface area contributed by atoms with Crippen LogP contribution in [0.5, 0.6) is 0 Å². The summed E-state index contributed by atoms with van der Waals surface area (Å²) in [6.07, 6.45) is 8.31. The van der Waals surface area contributed by atoms with Crippen molar-refractivity contribution in [2.45, 2.75) is 38.6 Å². The predicted octanol–water partition coefficient (Wildman–Crippen LogP) is 1.50.